The summed E-state index contributed by atoms with van der Waals surface area (Å²) in [7, 11) is 1.53. The molecule has 1 aromatic carbocycles. The maximum atomic E-state index is 13.5. The Morgan fingerprint density at radius 1 is 1.18 bits per heavy atom. The van der Waals surface area contributed by atoms with Gasteiger partial charge >= 0.3 is 11.9 Å². The Bertz CT molecular complexity index is 1420. The number of thiazole rings is 1. The van der Waals surface area contributed by atoms with E-state index in [0.717, 1.165) is 10.4 Å². The fourth-order valence-electron chi connectivity index (χ4n) is 3.54. The van der Waals surface area contributed by atoms with Crippen LogP contribution in [0.2, 0.25) is 0 Å². The Kier molecular flexibility index (Phi) is 7.20. The number of hydrogen-bond donors (Lipinski definition) is 0. The number of benzene rings is 1. The van der Waals surface area contributed by atoms with Crippen LogP contribution in [0.3, 0.4) is 0 Å². The largest absolute Gasteiger partial charge is 0.460 e. The Morgan fingerprint density at radius 3 is 2.59 bits per heavy atom. The minimum Gasteiger partial charge on any atom is -0.460 e. The van der Waals surface area contributed by atoms with Gasteiger partial charge in [-0.25, -0.2) is 9.79 Å². The van der Waals surface area contributed by atoms with Crippen molar-refractivity contribution in [2.24, 2.45) is 4.99 Å². The second-order valence-electron chi connectivity index (χ2n) is 7.39. The molecule has 0 amide bonds. The normalized spacial score (nSPS) is 15.6. The molecule has 0 spiro atoms. The summed E-state index contributed by atoms with van der Waals surface area (Å²) in [5.41, 5.74) is 1.37. The van der Waals surface area contributed by atoms with E-state index in [1.54, 1.807) is 41.8 Å². The highest BCUT2D eigenvalue weighted by Gasteiger charge is 2.34. The first-order valence-electron chi connectivity index (χ1n) is 10.4. The molecule has 1 aliphatic rings. The van der Waals surface area contributed by atoms with Crippen LogP contribution >= 0.6 is 22.7 Å². The van der Waals surface area contributed by atoms with Gasteiger partial charge in [-0.15, -0.1) is 11.3 Å². The Morgan fingerprint density at radius 2 is 1.94 bits per heavy atom. The van der Waals surface area contributed by atoms with E-state index >= 15 is 0 Å². The number of carbonyl (C=O) groups is 2. The third-order valence-electron chi connectivity index (χ3n) is 5.01. The van der Waals surface area contributed by atoms with Crippen molar-refractivity contribution in [3.8, 4) is 5.75 Å². The van der Waals surface area contributed by atoms with Crippen molar-refractivity contribution in [2.45, 2.75) is 19.9 Å². The van der Waals surface area contributed by atoms with Crippen LogP contribution in [-0.2, 0) is 19.1 Å². The molecule has 0 fully saturated rings. The average molecular weight is 499 g/mol. The molecule has 34 heavy (non-hydrogen) atoms. The minimum absolute atomic E-state index is 0.108. The van der Waals surface area contributed by atoms with Crippen LogP contribution in [0, 0.1) is 0 Å². The summed E-state index contributed by atoms with van der Waals surface area (Å²) >= 11 is 2.71. The summed E-state index contributed by atoms with van der Waals surface area (Å²) in [5, 5.41) is 1.90. The molecule has 8 nitrogen and oxygen atoms in total. The van der Waals surface area contributed by atoms with Crippen molar-refractivity contribution < 1.29 is 23.8 Å². The molecule has 0 N–H and O–H groups in total. The van der Waals surface area contributed by atoms with Crippen molar-refractivity contribution in [3.05, 3.63) is 83.2 Å². The summed E-state index contributed by atoms with van der Waals surface area (Å²) in [6.07, 6.45) is 1.75. The predicted octanol–water partition coefficient (Wildman–Crippen LogP) is 2.41. The maximum Gasteiger partial charge on any atom is 0.338 e. The molecule has 0 bridgehead atoms. The summed E-state index contributed by atoms with van der Waals surface area (Å²) in [4.78, 5) is 43.5. The fraction of sp³-hybridized carbons (Fsp3) is 0.250. The van der Waals surface area contributed by atoms with Gasteiger partial charge in [0.25, 0.3) is 5.56 Å². The number of aromatic nitrogens is 1. The molecule has 2 aromatic heterocycles. The maximum absolute atomic E-state index is 13.5. The molecule has 0 saturated carbocycles. The van der Waals surface area contributed by atoms with Gasteiger partial charge in [0.2, 0.25) is 0 Å². The number of allylic oxidation sites excluding steroid dienone is 1. The minimum atomic E-state index is -0.625. The monoisotopic (exact) mass is 498 g/mol. The molecular weight excluding hydrogens is 476 g/mol. The lowest BCUT2D eigenvalue weighted by Gasteiger charge is -2.23. The topological polar surface area (TPSA) is 96.2 Å². The number of thiophene rings is 1. The lowest BCUT2D eigenvalue weighted by molar-refractivity contribution is -0.140. The van der Waals surface area contributed by atoms with Gasteiger partial charge in [-0.1, -0.05) is 29.5 Å². The van der Waals surface area contributed by atoms with Gasteiger partial charge in [0.15, 0.2) is 4.80 Å². The molecule has 3 aromatic rings. The third-order valence-corrected chi connectivity index (χ3v) is 6.92. The molecule has 176 valence electrons. The van der Waals surface area contributed by atoms with Gasteiger partial charge in [-0.05, 0) is 42.1 Å². The molecule has 0 radical (unpaired) electrons. The SMILES string of the molecule is COCCOC(=O)C1=C(C)N=c2sc(=Cc3ccc(OC(C)=O)cc3)c(=O)n2C1c1cccs1. The van der Waals surface area contributed by atoms with E-state index in [9.17, 15) is 14.4 Å². The first kappa shape index (κ1) is 23.8. The number of nitrogens with zero attached hydrogens (tertiary/aromatic N) is 2. The summed E-state index contributed by atoms with van der Waals surface area (Å²) in [5.74, 6) is -0.496. The highest BCUT2D eigenvalue weighted by Crippen LogP contribution is 2.33. The van der Waals surface area contributed by atoms with Crippen LogP contribution in [0.5, 0.6) is 5.75 Å². The van der Waals surface area contributed by atoms with Crippen molar-refractivity contribution in [1.29, 1.82) is 0 Å². The van der Waals surface area contributed by atoms with Crippen molar-refractivity contribution in [1.82, 2.24) is 4.57 Å². The summed E-state index contributed by atoms with van der Waals surface area (Å²) < 4.78 is 17.4. The van der Waals surface area contributed by atoms with Gasteiger partial charge in [0, 0.05) is 18.9 Å². The van der Waals surface area contributed by atoms with Crippen LogP contribution in [0.4, 0.5) is 0 Å². The van der Waals surface area contributed by atoms with Crippen molar-refractivity contribution in [3.63, 3.8) is 0 Å². The van der Waals surface area contributed by atoms with E-state index in [2.05, 4.69) is 4.99 Å². The van der Waals surface area contributed by atoms with E-state index in [-0.39, 0.29) is 18.8 Å². The van der Waals surface area contributed by atoms with Crippen LogP contribution in [-0.4, -0.2) is 36.8 Å². The Hall–Kier alpha value is -3.34. The number of hydrogen-bond acceptors (Lipinski definition) is 9. The number of carbonyl (C=O) groups excluding carboxylic acids is 2. The zero-order valence-electron chi connectivity index (χ0n) is 18.8. The molecular formula is C24H22N2O6S2. The molecule has 4 rings (SSSR count). The highest BCUT2D eigenvalue weighted by molar-refractivity contribution is 7.10. The summed E-state index contributed by atoms with van der Waals surface area (Å²) in [6, 6.07) is 9.99. The van der Waals surface area contributed by atoms with Gasteiger partial charge in [0.1, 0.15) is 18.4 Å². The third kappa shape index (κ3) is 4.93. The molecule has 1 unspecified atom stereocenters. The van der Waals surface area contributed by atoms with Crippen LogP contribution in [0.25, 0.3) is 6.08 Å². The van der Waals surface area contributed by atoms with E-state index < -0.39 is 18.0 Å². The van der Waals surface area contributed by atoms with E-state index in [4.69, 9.17) is 14.2 Å². The smallest absolute Gasteiger partial charge is 0.338 e. The van der Waals surface area contributed by atoms with E-state index in [0.29, 0.717) is 26.4 Å². The van der Waals surface area contributed by atoms with Crippen LogP contribution < -0.4 is 19.6 Å². The van der Waals surface area contributed by atoms with Crippen LogP contribution in [0.15, 0.2) is 62.8 Å². The zero-order chi connectivity index (χ0) is 24.2. The first-order chi connectivity index (χ1) is 16.4. The summed E-state index contributed by atoms with van der Waals surface area (Å²) in [6.45, 7) is 3.47. The highest BCUT2D eigenvalue weighted by atomic mass is 32.1. The molecule has 10 heteroatoms. The zero-order valence-corrected chi connectivity index (χ0v) is 20.4. The first-order valence-corrected chi connectivity index (χ1v) is 12.1. The molecule has 0 aliphatic carbocycles. The second-order valence-corrected chi connectivity index (χ2v) is 9.38. The van der Waals surface area contributed by atoms with E-state index in [1.807, 2.05) is 17.5 Å². The standard InChI is InChI=1S/C24H22N2O6S2/c1-14-20(23(29)31-11-10-30-3)21(18-5-4-12-33-18)26-22(28)19(34-24(26)25-14)13-16-6-8-17(9-7-16)32-15(2)27/h4-9,12-13,21H,10-11H2,1-3H3. The molecule has 1 aliphatic heterocycles. The lowest BCUT2D eigenvalue weighted by Crippen LogP contribution is -2.39. The number of ether oxygens (including phenoxy) is 3. The average Bonchev–Trinajstić information content (AvgIpc) is 3.43. The Balaban J connectivity index is 1.78. The van der Waals surface area contributed by atoms with Gasteiger partial charge in [-0.3, -0.25) is 14.2 Å². The number of fused-ring (bicyclic) bond motifs is 1. The molecule has 3 heterocycles. The molecule has 0 saturated heterocycles. The quantitative estimate of drug-likeness (QED) is 0.282. The van der Waals surface area contributed by atoms with Gasteiger partial charge in [-0.2, -0.15) is 0 Å². The van der Waals surface area contributed by atoms with Gasteiger partial charge < -0.3 is 14.2 Å². The second kappa shape index (κ2) is 10.3. The Labute approximate surface area is 203 Å². The number of rotatable bonds is 7. The number of esters is 2. The van der Waals surface area contributed by atoms with Crippen LogP contribution in [0.1, 0.15) is 30.3 Å². The lowest BCUT2D eigenvalue weighted by atomic mass is 10.0. The fourth-order valence-corrected chi connectivity index (χ4v) is 5.41. The van der Waals surface area contributed by atoms with Gasteiger partial charge in [0.05, 0.1) is 22.4 Å². The molecule has 1 atom stereocenters. The van der Waals surface area contributed by atoms with Crippen molar-refractivity contribution in [2.75, 3.05) is 20.3 Å². The predicted molar refractivity (Wildman–Crippen MR) is 129 cm³/mol. The number of methoxy groups -OCH3 is 1. The van der Waals surface area contributed by atoms with Crippen molar-refractivity contribution >= 4 is 40.7 Å². The van der Waals surface area contributed by atoms with E-state index in [1.165, 1.54) is 36.7 Å².